The van der Waals surface area contributed by atoms with Crippen molar-refractivity contribution in [3.05, 3.63) is 69.0 Å². The lowest BCUT2D eigenvalue weighted by Gasteiger charge is -2.29. The first-order chi connectivity index (χ1) is 13.7. The molecular weight excluding hydrogens is 414 g/mol. The molecule has 0 radical (unpaired) electrons. The molecule has 12 heteroatoms. The van der Waals surface area contributed by atoms with Gasteiger partial charge in [0, 0.05) is 35.0 Å². The number of nitrogens with zero attached hydrogens (tertiary/aromatic N) is 7. The van der Waals surface area contributed by atoms with Gasteiger partial charge in [0.05, 0.1) is 47.4 Å². The zero-order chi connectivity index (χ0) is 20.8. The van der Waals surface area contributed by atoms with Crippen LogP contribution in [0.2, 0.25) is 0 Å². The van der Waals surface area contributed by atoms with E-state index in [2.05, 4.69) is 10.2 Å². The molecule has 11 nitrogen and oxygen atoms in total. The molecule has 0 N–H and O–H groups in total. The van der Waals surface area contributed by atoms with E-state index in [1.54, 1.807) is 33.9 Å². The van der Waals surface area contributed by atoms with Crippen molar-refractivity contribution in [2.45, 2.75) is 13.3 Å². The summed E-state index contributed by atoms with van der Waals surface area (Å²) in [6, 6.07) is 9.28. The molecule has 2 aromatic heterocycles. The molecule has 0 amide bonds. The van der Waals surface area contributed by atoms with E-state index < -0.39 is 9.85 Å². The molecule has 2 aromatic carbocycles. The van der Waals surface area contributed by atoms with Gasteiger partial charge in [0.15, 0.2) is 13.3 Å². The summed E-state index contributed by atoms with van der Waals surface area (Å²) in [5.41, 5.74) is 1.36. The molecule has 2 heterocycles. The van der Waals surface area contributed by atoms with Crippen LogP contribution in [-0.2, 0) is 13.3 Å². The molecule has 4 rings (SSSR count). The topological polar surface area (TPSA) is 122 Å². The summed E-state index contributed by atoms with van der Waals surface area (Å²) in [5.74, 6) is 0. The minimum absolute atomic E-state index is 0. The predicted octanol–water partition coefficient (Wildman–Crippen LogP) is -0.102. The lowest BCUT2D eigenvalue weighted by atomic mass is 10.2. The molecule has 4 aromatic rings. The van der Waals surface area contributed by atoms with E-state index in [0.29, 0.717) is 28.9 Å². The number of benzene rings is 2. The minimum atomic E-state index is -0.431. The fraction of sp³-hybridized carbons (Fsp3) is 0.222. The summed E-state index contributed by atoms with van der Waals surface area (Å²) in [7, 11) is 3.94. The van der Waals surface area contributed by atoms with Crippen LogP contribution in [0, 0.1) is 20.2 Å². The van der Waals surface area contributed by atoms with Crippen LogP contribution in [-0.4, -0.2) is 48.0 Å². The smallest absolute Gasteiger partial charge is 0.271 e. The van der Waals surface area contributed by atoms with Gasteiger partial charge in [-0.1, -0.05) is 0 Å². The fourth-order valence-electron chi connectivity index (χ4n) is 3.34. The Hall–Kier alpha value is -3.57. The number of quaternary nitrogens is 1. The Kier molecular flexibility index (Phi) is 5.42. The van der Waals surface area contributed by atoms with Gasteiger partial charge < -0.3 is 12.4 Å². The monoisotopic (exact) mass is 431 g/mol. The van der Waals surface area contributed by atoms with Crippen LogP contribution in [0.5, 0.6) is 0 Å². The van der Waals surface area contributed by atoms with Crippen molar-refractivity contribution in [2.75, 3.05) is 14.1 Å². The number of non-ortho nitro benzene ring substituents is 2. The van der Waals surface area contributed by atoms with Crippen molar-refractivity contribution in [1.82, 2.24) is 19.6 Å². The third-order valence-corrected chi connectivity index (χ3v) is 4.71. The van der Waals surface area contributed by atoms with E-state index in [0.717, 1.165) is 10.8 Å². The van der Waals surface area contributed by atoms with Crippen LogP contribution < -0.4 is 12.4 Å². The quantitative estimate of drug-likeness (QED) is 0.238. The lowest BCUT2D eigenvalue weighted by molar-refractivity contribution is -0.934. The maximum Gasteiger partial charge on any atom is 0.271 e. The highest BCUT2D eigenvalue weighted by Gasteiger charge is 2.22. The molecule has 156 valence electrons. The van der Waals surface area contributed by atoms with Gasteiger partial charge in [-0.2, -0.15) is 10.2 Å². The third-order valence-electron chi connectivity index (χ3n) is 4.71. The highest BCUT2D eigenvalue weighted by Crippen LogP contribution is 2.23. The maximum atomic E-state index is 11.1. The van der Waals surface area contributed by atoms with Crippen molar-refractivity contribution >= 4 is 33.2 Å². The van der Waals surface area contributed by atoms with Crippen LogP contribution in [0.1, 0.15) is 0 Å². The first-order valence-electron chi connectivity index (χ1n) is 8.75. The average Bonchev–Trinajstić information content (AvgIpc) is 3.24. The number of nitro groups is 2. The highest BCUT2D eigenvalue weighted by atomic mass is 35.5. The molecule has 0 aliphatic heterocycles. The number of nitro benzene ring substituents is 2. The van der Waals surface area contributed by atoms with Crippen molar-refractivity contribution in [1.29, 1.82) is 0 Å². The van der Waals surface area contributed by atoms with Crippen LogP contribution in [0.15, 0.2) is 48.8 Å². The summed E-state index contributed by atoms with van der Waals surface area (Å²) in [6.45, 7) is 0.863. The lowest BCUT2D eigenvalue weighted by Crippen LogP contribution is -3.00. The second-order valence-corrected chi connectivity index (χ2v) is 7.51. The Morgan fingerprint density at radius 1 is 0.833 bits per heavy atom. The zero-order valence-electron chi connectivity index (χ0n) is 16.2. The van der Waals surface area contributed by atoms with Gasteiger partial charge in [-0.25, -0.2) is 9.36 Å². The third kappa shape index (κ3) is 3.93. The van der Waals surface area contributed by atoms with E-state index in [1.807, 2.05) is 14.1 Å². The SMILES string of the molecule is C[N+](C)(Cn1ncc2ccc([N+](=O)[O-])cc21)Cn1ncc2ccc([N+](=O)[O-])cc21.[Cl-]. The summed E-state index contributed by atoms with van der Waals surface area (Å²) in [4.78, 5) is 21.3. The molecule has 0 unspecified atom stereocenters. The molecule has 0 atom stereocenters. The molecule has 0 bridgehead atoms. The minimum Gasteiger partial charge on any atom is -1.00 e. The second-order valence-electron chi connectivity index (χ2n) is 7.51. The Morgan fingerprint density at radius 2 is 1.23 bits per heavy atom. The summed E-state index contributed by atoms with van der Waals surface area (Å²) in [6.07, 6.45) is 3.34. The van der Waals surface area contributed by atoms with Crippen molar-refractivity contribution in [3.8, 4) is 0 Å². The van der Waals surface area contributed by atoms with Crippen molar-refractivity contribution in [2.24, 2.45) is 0 Å². The molecule has 0 saturated carbocycles. The van der Waals surface area contributed by atoms with Crippen molar-refractivity contribution in [3.63, 3.8) is 0 Å². The zero-order valence-corrected chi connectivity index (χ0v) is 16.9. The van der Waals surface area contributed by atoms with Gasteiger partial charge in [0.1, 0.15) is 0 Å². The van der Waals surface area contributed by atoms with E-state index in [-0.39, 0.29) is 23.8 Å². The standard InChI is InChI=1S/C18H18N7O4.ClH/c1-25(2,11-21-17-7-15(23(26)27)5-3-13(17)9-19-21)12-22-18-8-16(24(28)29)6-4-14(18)10-20-22;/h3-10H,11-12H2,1-2H3;1H/q+1;/p-1. The van der Waals surface area contributed by atoms with Gasteiger partial charge in [-0.3, -0.25) is 24.7 Å². The Labute approximate surface area is 176 Å². The van der Waals surface area contributed by atoms with E-state index in [9.17, 15) is 20.2 Å². The number of halogens is 1. The van der Waals surface area contributed by atoms with E-state index in [4.69, 9.17) is 0 Å². The Morgan fingerprint density at radius 3 is 1.60 bits per heavy atom. The van der Waals surface area contributed by atoms with Crippen LogP contribution in [0.4, 0.5) is 11.4 Å². The molecule has 0 fully saturated rings. The van der Waals surface area contributed by atoms with Gasteiger partial charge in [-0.05, 0) is 12.1 Å². The predicted molar refractivity (Wildman–Crippen MR) is 105 cm³/mol. The molecule has 0 aliphatic carbocycles. The largest absolute Gasteiger partial charge is 1.00 e. The summed E-state index contributed by atoms with van der Waals surface area (Å²) in [5, 5.41) is 32.5. The van der Waals surface area contributed by atoms with Crippen LogP contribution in [0.3, 0.4) is 0 Å². The van der Waals surface area contributed by atoms with Gasteiger partial charge in [0.25, 0.3) is 11.4 Å². The molecule has 0 aliphatic rings. The first-order valence-corrected chi connectivity index (χ1v) is 8.75. The van der Waals surface area contributed by atoms with Crippen LogP contribution in [0.25, 0.3) is 21.8 Å². The Bertz CT molecular complexity index is 1170. The van der Waals surface area contributed by atoms with Crippen molar-refractivity contribution < 1.29 is 26.7 Å². The number of rotatable bonds is 6. The normalized spacial score (nSPS) is 11.5. The van der Waals surface area contributed by atoms with E-state index >= 15 is 0 Å². The van der Waals surface area contributed by atoms with Gasteiger partial charge >= 0.3 is 0 Å². The second kappa shape index (κ2) is 7.69. The number of fused-ring (bicyclic) bond motifs is 2. The number of aromatic nitrogens is 4. The molecule has 0 saturated heterocycles. The molecule has 30 heavy (non-hydrogen) atoms. The van der Waals surface area contributed by atoms with Gasteiger partial charge in [0.2, 0.25) is 0 Å². The Balaban J connectivity index is 0.00000256. The first kappa shape index (κ1) is 21.1. The molecule has 0 spiro atoms. The van der Waals surface area contributed by atoms with Gasteiger partial charge in [-0.15, -0.1) is 0 Å². The number of hydrogen-bond donors (Lipinski definition) is 0. The maximum absolute atomic E-state index is 11.1. The highest BCUT2D eigenvalue weighted by molar-refractivity contribution is 5.81. The van der Waals surface area contributed by atoms with Crippen LogP contribution >= 0.6 is 0 Å². The molecular formula is C18H18ClN7O4. The van der Waals surface area contributed by atoms with E-state index in [1.165, 1.54) is 24.3 Å². The average molecular weight is 432 g/mol. The summed E-state index contributed by atoms with van der Waals surface area (Å²) < 4.78 is 3.85. The number of hydrogen-bond acceptors (Lipinski definition) is 6. The summed E-state index contributed by atoms with van der Waals surface area (Å²) >= 11 is 0. The fourth-order valence-corrected chi connectivity index (χ4v) is 3.34.